The average molecular weight is 381 g/mol. The lowest BCUT2D eigenvalue weighted by Crippen LogP contribution is -2.14. The molecule has 4 heterocycles. The normalized spacial score (nSPS) is 10.7. The molecule has 1 N–H and O–H groups in total. The molecule has 8 nitrogen and oxygen atoms in total. The lowest BCUT2D eigenvalue weighted by Gasteiger charge is -2.09. The van der Waals surface area contributed by atoms with E-state index in [1.807, 2.05) is 13.0 Å². The minimum atomic E-state index is -0.376. The van der Waals surface area contributed by atoms with Crippen LogP contribution < -0.4 is 10.1 Å². The lowest BCUT2D eigenvalue weighted by atomic mass is 10.2. The molecule has 0 fully saturated rings. The molecule has 27 heavy (non-hydrogen) atoms. The first-order valence-electron chi connectivity index (χ1n) is 7.94. The second-order valence-electron chi connectivity index (χ2n) is 5.73. The summed E-state index contributed by atoms with van der Waals surface area (Å²) in [5.74, 6) is 0.889. The van der Waals surface area contributed by atoms with E-state index in [0.717, 1.165) is 5.56 Å². The Labute approximate surface area is 158 Å². The van der Waals surface area contributed by atoms with Gasteiger partial charge >= 0.3 is 0 Å². The fourth-order valence-electron chi connectivity index (χ4n) is 2.43. The van der Waals surface area contributed by atoms with Crippen molar-refractivity contribution < 1.29 is 9.53 Å². The van der Waals surface area contributed by atoms with E-state index in [1.165, 1.54) is 23.2 Å². The van der Waals surface area contributed by atoms with Crippen LogP contribution in [0.4, 0.5) is 5.82 Å². The fraction of sp³-hybridized carbons (Fsp3) is 0.0556. The van der Waals surface area contributed by atoms with Crippen molar-refractivity contribution in [3.8, 4) is 11.5 Å². The highest BCUT2D eigenvalue weighted by Crippen LogP contribution is 2.25. The van der Waals surface area contributed by atoms with E-state index in [0.29, 0.717) is 33.6 Å². The van der Waals surface area contributed by atoms with Crippen LogP contribution in [0, 0.1) is 6.92 Å². The number of aryl methyl sites for hydroxylation is 1. The van der Waals surface area contributed by atoms with Crippen LogP contribution in [0.25, 0.3) is 5.65 Å². The van der Waals surface area contributed by atoms with Crippen LogP contribution in [0.15, 0.2) is 55.4 Å². The van der Waals surface area contributed by atoms with E-state index in [1.54, 1.807) is 30.6 Å². The van der Waals surface area contributed by atoms with Gasteiger partial charge in [0.25, 0.3) is 5.91 Å². The van der Waals surface area contributed by atoms with Crippen LogP contribution in [0.2, 0.25) is 5.02 Å². The Morgan fingerprint density at radius 2 is 2.04 bits per heavy atom. The van der Waals surface area contributed by atoms with E-state index >= 15 is 0 Å². The first-order valence-corrected chi connectivity index (χ1v) is 8.32. The molecule has 0 bridgehead atoms. The quantitative estimate of drug-likeness (QED) is 0.582. The van der Waals surface area contributed by atoms with E-state index in [4.69, 9.17) is 16.3 Å². The number of fused-ring (bicyclic) bond motifs is 1. The first kappa shape index (κ1) is 16.9. The number of carbonyl (C=O) groups is 1. The summed E-state index contributed by atoms with van der Waals surface area (Å²) in [6, 6.07) is 6.79. The number of aromatic nitrogens is 5. The number of rotatable bonds is 4. The van der Waals surface area contributed by atoms with Crippen molar-refractivity contribution in [3.63, 3.8) is 0 Å². The van der Waals surface area contributed by atoms with E-state index in [9.17, 15) is 4.79 Å². The van der Waals surface area contributed by atoms with Gasteiger partial charge in [0.05, 0.1) is 23.0 Å². The predicted octanol–water partition coefficient (Wildman–Crippen LogP) is 3.53. The molecule has 134 valence electrons. The van der Waals surface area contributed by atoms with Gasteiger partial charge in [-0.3, -0.25) is 9.78 Å². The number of carbonyl (C=O) groups excluding carboxylic acids is 1. The number of nitrogens with zero attached hydrogens (tertiary/aromatic N) is 5. The predicted molar refractivity (Wildman–Crippen MR) is 99.2 cm³/mol. The molecule has 0 aromatic carbocycles. The summed E-state index contributed by atoms with van der Waals surface area (Å²) in [6.07, 6.45) is 7.68. The third kappa shape index (κ3) is 3.70. The molecule has 4 rings (SSSR count). The fourth-order valence-corrected chi connectivity index (χ4v) is 2.60. The molecule has 0 spiro atoms. The molecule has 0 radical (unpaired) electrons. The molecular formula is C18H13ClN6O2. The Kier molecular flexibility index (Phi) is 4.39. The summed E-state index contributed by atoms with van der Waals surface area (Å²) in [4.78, 5) is 25.0. The number of ether oxygens (including phenoxy) is 1. The summed E-state index contributed by atoms with van der Waals surface area (Å²) >= 11 is 5.93. The molecule has 1 amide bonds. The number of nitrogens with one attached hydrogen (secondary N) is 1. The Hall–Kier alpha value is -3.52. The second-order valence-corrected chi connectivity index (χ2v) is 6.17. The zero-order chi connectivity index (χ0) is 18.8. The van der Waals surface area contributed by atoms with E-state index in [-0.39, 0.29) is 5.91 Å². The van der Waals surface area contributed by atoms with E-state index < -0.39 is 0 Å². The Morgan fingerprint density at radius 3 is 2.81 bits per heavy atom. The van der Waals surface area contributed by atoms with Gasteiger partial charge in [0.15, 0.2) is 5.65 Å². The third-order valence-corrected chi connectivity index (χ3v) is 3.87. The maximum absolute atomic E-state index is 12.7. The van der Waals surface area contributed by atoms with Crippen LogP contribution in [0.3, 0.4) is 0 Å². The van der Waals surface area contributed by atoms with Crippen molar-refractivity contribution in [2.75, 3.05) is 5.32 Å². The van der Waals surface area contributed by atoms with Crippen molar-refractivity contribution in [2.24, 2.45) is 0 Å². The molecule has 4 aromatic heterocycles. The number of hydrogen-bond donors (Lipinski definition) is 1. The lowest BCUT2D eigenvalue weighted by molar-refractivity contribution is 0.102. The van der Waals surface area contributed by atoms with Crippen LogP contribution in [0.5, 0.6) is 11.5 Å². The second kappa shape index (κ2) is 7.00. The number of halogens is 1. The maximum atomic E-state index is 12.7. The number of anilines is 1. The molecule has 0 unspecified atom stereocenters. The topological polar surface area (TPSA) is 94.3 Å². The Bertz CT molecular complexity index is 1130. The molecule has 4 aromatic rings. The molecule has 0 atom stereocenters. The first-order chi connectivity index (χ1) is 13.1. The minimum Gasteiger partial charge on any atom is -0.454 e. The highest BCUT2D eigenvalue weighted by Gasteiger charge is 2.16. The van der Waals surface area contributed by atoms with Gasteiger partial charge in [0.2, 0.25) is 0 Å². The molecule has 0 saturated carbocycles. The smallest absolute Gasteiger partial charge is 0.260 e. The maximum Gasteiger partial charge on any atom is 0.260 e. The summed E-state index contributed by atoms with van der Waals surface area (Å²) in [7, 11) is 0. The van der Waals surface area contributed by atoms with Gasteiger partial charge in [-0.25, -0.2) is 14.5 Å². The van der Waals surface area contributed by atoms with Crippen molar-refractivity contribution in [1.82, 2.24) is 24.6 Å². The average Bonchev–Trinajstić information content (AvgIpc) is 3.11. The van der Waals surface area contributed by atoms with Crippen molar-refractivity contribution in [1.29, 1.82) is 0 Å². The highest BCUT2D eigenvalue weighted by atomic mass is 35.5. The Morgan fingerprint density at radius 1 is 1.15 bits per heavy atom. The molecule has 0 aliphatic rings. The monoisotopic (exact) mass is 380 g/mol. The van der Waals surface area contributed by atoms with Gasteiger partial charge in [-0.05, 0) is 24.6 Å². The van der Waals surface area contributed by atoms with Crippen molar-refractivity contribution >= 4 is 29.0 Å². The highest BCUT2D eigenvalue weighted by molar-refractivity contribution is 6.30. The standard InChI is InChI=1S/C18H13ClN6O2/c1-11-2-3-16(21-6-11)24-18(26)15-5-14(9-25-17(15)22-10-23-25)27-13-4-12(19)7-20-8-13/h2-10H,1H3,(H,21,24,26). The number of hydrogen-bond acceptors (Lipinski definition) is 6. The summed E-state index contributed by atoms with van der Waals surface area (Å²) < 4.78 is 7.23. The molecule has 0 aliphatic carbocycles. The summed E-state index contributed by atoms with van der Waals surface area (Å²) in [6.45, 7) is 1.92. The van der Waals surface area contributed by atoms with Crippen LogP contribution in [0.1, 0.15) is 15.9 Å². The van der Waals surface area contributed by atoms with Crippen LogP contribution >= 0.6 is 11.6 Å². The number of pyridine rings is 3. The zero-order valence-electron chi connectivity index (χ0n) is 14.1. The number of amides is 1. The summed E-state index contributed by atoms with van der Waals surface area (Å²) in [5, 5.41) is 7.28. The van der Waals surface area contributed by atoms with Gasteiger partial charge in [-0.1, -0.05) is 17.7 Å². The SMILES string of the molecule is Cc1ccc(NC(=O)c2cc(Oc3cncc(Cl)c3)cn3ncnc23)nc1. The van der Waals surface area contributed by atoms with Gasteiger partial charge in [0.1, 0.15) is 23.6 Å². The molecule has 0 aliphatic heterocycles. The molecule has 9 heteroatoms. The molecule has 0 saturated heterocycles. The van der Waals surface area contributed by atoms with Crippen LogP contribution in [-0.2, 0) is 0 Å². The van der Waals surface area contributed by atoms with Crippen LogP contribution in [-0.4, -0.2) is 30.5 Å². The van der Waals surface area contributed by atoms with Crippen molar-refractivity contribution in [2.45, 2.75) is 6.92 Å². The third-order valence-electron chi connectivity index (χ3n) is 3.66. The van der Waals surface area contributed by atoms with Gasteiger partial charge in [0, 0.05) is 18.5 Å². The minimum absolute atomic E-state index is 0.294. The zero-order valence-corrected chi connectivity index (χ0v) is 14.9. The Balaban J connectivity index is 1.67. The molecular weight excluding hydrogens is 368 g/mol. The van der Waals surface area contributed by atoms with E-state index in [2.05, 4.69) is 25.4 Å². The van der Waals surface area contributed by atoms with Gasteiger partial charge in [-0.2, -0.15) is 5.10 Å². The largest absolute Gasteiger partial charge is 0.454 e. The van der Waals surface area contributed by atoms with Crippen molar-refractivity contribution in [3.05, 3.63) is 71.5 Å². The van der Waals surface area contributed by atoms with Gasteiger partial charge < -0.3 is 10.1 Å². The summed E-state index contributed by atoms with van der Waals surface area (Å²) in [5.41, 5.74) is 1.69. The van der Waals surface area contributed by atoms with Gasteiger partial charge in [-0.15, -0.1) is 0 Å².